The normalized spacial score (nSPS) is 11.1. The molecule has 0 radical (unpaired) electrons. The van der Waals surface area contributed by atoms with E-state index >= 15 is 0 Å². The highest BCUT2D eigenvalue weighted by molar-refractivity contribution is 5.75. The second-order valence-corrected chi connectivity index (χ2v) is 3.69. The van der Waals surface area contributed by atoms with Crippen LogP contribution in [0.5, 0.6) is 0 Å². The highest BCUT2D eigenvalue weighted by atomic mass is 15.4. The highest BCUT2D eigenvalue weighted by Gasteiger charge is 2.07. The van der Waals surface area contributed by atoms with Crippen LogP contribution < -0.4 is 5.73 Å². The number of imidazole rings is 1. The average Bonchev–Trinajstić information content (AvgIpc) is 2.83. The summed E-state index contributed by atoms with van der Waals surface area (Å²) in [7, 11) is 0. The Morgan fingerprint density at radius 1 is 1.31 bits per heavy atom. The van der Waals surface area contributed by atoms with Gasteiger partial charge in [0.25, 0.3) is 0 Å². The molecule has 2 aromatic heterocycles. The van der Waals surface area contributed by atoms with Crippen molar-refractivity contribution in [2.75, 3.05) is 5.73 Å². The van der Waals surface area contributed by atoms with Gasteiger partial charge in [-0.2, -0.15) is 5.10 Å². The molecule has 1 aromatic carbocycles. The van der Waals surface area contributed by atoms with Crippen molar-refractivity contribution >= 4 is 16.7 Å². The van der Waals surface area contributed by atoms with E-state index in [1.807, 2.05) is 31.2 Å². The largest absolute Gasteiger partial charge is 0.396 e. The van der Waals surface area contributed by atoms with Crippen molar-refractivity contribution in [2.45, 2.75) is 6.92 Å². The van der Waals surface area contributed by atoms with Gasteiger partial charge >= 0.3 is 0 Å². The van der Waals surface area contributed by atoms with Gasteiger partial charge in [0, 0.05) is 0 Å². The number of aromatic nitrogens is 4. The molecule has 0 unspecified atom stereocenters. The molecule has 0 aliphatic heterocycles. The SMILES string of the molecule is Cc1nn(-c2nc3ccccc3[nH]2)cc1N. The van der Waals surface area contributed by atoms with Crippen molar-refractivity contribution in [3.63, 3.8) is 0 Å². The van der Waals surface area contributed by atoms with Crippen molar-refractivity contribution in [2.24, 2.45) is 0 Å². The molecule has 0 spiro atoms. The Balaban J connectivity index is 2.18. The second-order valence-electron chi connectivity index (χ2n) is 3.69. The Morgan fingerprint density at radius 2 is 2.12 bits per heavy atom. The highest BCUT2D eigenvalue weighted by Crippen LogP contribution is 2.15. The van der Waals surface area contributed by atoms with Crippen molar-refractivity contribution in [1.29, 1.82) is 0 Å². The van der Waals surface area contributed by atoms with Crippen LogP contribution in [0, 0.1) is 6.92 Å². The van der Waals surface area contributed by atoms with Gasteiger partial charge in [-0.05, 0) is 19.1 Å². The predicted octanol–water partition coefficient (Wildman–Crippen LogP) is 1.64. The quantitative estimate of drug-likeness (QED) is 0.645. The number of para-hydroxylation sites is 2. The van der Waals surface area contributed by atoms with Crippen LogP contribution in [0.15, 0.2) is 30.5 Å². The number of nitrogen functional groups attached to an aromatic ring is 1. The monoisotopic (exact) mass is 213 g/mol. The minimum absolute atomic E-state index is 0.667. The third-order valence-corrected chi connectivity index (χ3v) is 2.53. The number of nitrogens with zero attached hydrogens (tertiary/aromatic N) is 3. The van der Waals surface area contributed by atoms with Gasteiger partial charge in [-0.25, -0.2) is 9.67 Å². The van der Waals surface area contributed by atoms with Gasteiger partial charge in [0.1, 0.15) is 0 Å². The van der Waals surface area contributed by atoms with Crippen LogP contribution in [-0.4, -0.2) is 19.7 Å². The predicted molar refractivity (Wildman–Crippen MR) is 62.4 cm³/mol. The Labute approximate surface area is 91.9 Å². The molecule has 5 nitrogen and oxygen atoms in total. The Bertz CT molecular complexity index is 597. The first kappa shape index (κ1) is 8.96. The van der Waals surface area contributed by atoms with Crippen molar-refractivity contribution in [1.82, 2.24) is 19.7 Å². The lowest BCUT2D eigenvalue weighted by Crippen LogP contribution is -1.96. The number of H-pyrrole nitrogens is 1. The van der Waals surface area contributed by atoms with Crippen molar-refractivity contribution in [3.05, 3.63) is 36.2 Å². The lowest BCUT2D eigenvalue weighted by Gasteiger charge is -1.92. The zero-order valence-corrected chi connectivity index (χ0v) is 8.81. The molecule has 0 amide bonds. The third kappa shape index (κ3) is 1.25. The first-order chi connectivity index (χ1) is 7.74. The van der Waals surface area contributed by atoms with Gasteiger partial charge in [0.15, 0.2) is 0 Å². The number of aromatic amines is 1. The van der Waals surface area contributed by atoms with Crippen LogP contribution in [0.1, 0.15) is 5.69 Å². The maximum Gasteiger partial charge on any atom is 0.229 e. The molecule has 0 atom stereocenters. The molecule has 2 heterocycles. The first-order valence-electron chi connectivity index (χ1n) is 5.01. The molecule has 3 N–H and O–H groups in total. The average molecular weight is 213 g/mol. The number of hydrogen-bond donors (Lipinski definition) is 2. The van der Waals surface area contributed by atoms with Gasteiger partial charge in [-0.3, -0.25) is 0 Å². The lowest BCUT2D eigenvalue weighted by molar-refractivity contribution is 0.816. The zero-order chi connectivity index (χ0) is 11.1. The molecule has 0 aliphatic carbocycles. The summed E-state index contributed by atoms with van der Waals surface area (Å²) in [6.45, 7) is 1.87. The summed E-state index contributed by atoms with van der Waals surface area (Å²) in [5.74, 6) is 0.681. The number of aryl methyl sites for hydroxylation is 1. The van der Waals surface area contributed by atoms with Crippen LogP contribution in [-0.2, 0) is 0 Å². The third-order valence-electron chi connectivity index (χ3n) is 2.53. The van der Waals surface area contributed by atoms with Gasteiger partial charge in [0.05, 0.1) is 28.6 Å². The summed E-state index contributed by atoms with van der Waals surface area (Å²) in [4.78, 5) is 7.61. The van der Waals surface area contributed by atoms with E-state index in [-0.39, 0.29) is 0 Å². The van der Waals surface area contributed by atoms with E-state index in [2.05, 4.69) is 15.1 Å². The van der Waals surface area contributed by atoms with Gasteiger partial charge in [-0.1, -0.05) is 12.1 Å². The lowest BCUT2D eigenvalue weighted by atomic mass is 10.3. The number of hydrogen-bond acceptors (Lipinski definition) is 3. The van der Waals surface area contributed by atoms with Crippen LogP contribution in [0.3, 0.4) is 0 Å². The van der Waals surface area contributed by atoms with E-state index < -0.39 is 0 Å². The zero-order valence-electron chi connectivity index (χ0n) is 8.81. The molecular weight excluding hydrogens is 202 g/mol. The number of rotatable bonds is 1. The number of fused-ring (bicyclic) bond motifs is 1. The number of anilines is 1. The number of nitrogens with two attached hydrogens (primary N) is 1. The molecular formula is C11H11N5. The first-order valence-corrected chi connectivity index (χ1v) is 5.01. The van der Waals surface area contributed by atoms with Crippen LogP contribution in [0.2, 0.25) is 0 Å². The summed E-state index contributed by atoms with van der Waals surface area (Å²) < 4.78 is 1.66. The molecule has 0 aliphatic rings. The van der Waals surface area contributed by atoms with Gasteiger partial charge in [-0.15, -0.1) is 0 Å². The van der Waals surface area contributed by atoms with Gasteiger partial charge in [0.2, 0.25) is 5.95 Å². The molecule has 16 heavy (non-hydrogen) atoms. The number of benzene rings is 1. The fourth-order valence-electron chi connectivity index (χ4n) is 1.63. The van der Waals surface area contributed by atoms with Gasteiger partial charge < -0.3 is 10.7 Å². The summed E-state index contributed by atoms with van der Waals surface area (Å²) in [5, 5.41) is 4.27. The summed E-state index contributed by atoms with van der Waals surface area (Å²) in [5.41, 5.74) is 9.13. The molecule has 0 fully saturated rings. The van der Waals surface area contributed by atoms with E-state index in [4.69, 9.17) is 5.73 Å². The molecule has 0 saturated carbocycles. The maximum absolute atomic E-state index is 5.75. The summed E-state index contributed by atoms with van der Waals surface area (Å²) >= 11 is 0. The topological polar surface area (TPSA) is 72.5 Å². The fourth-order valence-corrected chi connectivity index (χ4v) is 1.63. The fraction of sp³-hybridized carbons (Fsp3) is 0.0909. The Kier molecular flexibility index (Phi) is 1.73. The van der Waals surface area contributed by atoms with E-state index in [0.29, 0.717) is 11.6 Å². The van der Waals surface area contributed by atoms with Crippen LogP contribution >= 0.6 is 0 Å². The summed E-state index contributed by atoms with van der Waals surface area (Å²) in [6, 6.07) is 7.85. The van der Waals surface area contributed by atoms with E-state index in [9.17, 15) is 0 Å². The van der Waals surface area contributed by atoms with E-state index in [0.717, 1.165) is 16.7 Å². The molecule has 3 rings (SSSR count). The number of nitrogens with one attached hydrogen (secondary N) is 1. The smallest absolute Gasteiger partial charge is 0.229 e. The van der Waals surface area contributed by atoms with E-state index in [1.54, 1.807) is 10.9 Å². The van der Waals surface area contributed by atoms with Crippen molar-refractivity contribution < 1.29 is 0 Å². The van der Waals surface area contributed by atoms with E-state index in [1.165, 1.54) is 0 Å². The summed E-state index contributed by atoms with van der Waals surface area (Å²) in [6.07, 6.45) is 1.76. The standard InChI is InChI=1S/C11H11N5/c1-7-8(12)6-16(15-7)11-13-9-4-2-3-5-10(9)14-11/h2-6H,12H2,1H3,(H,13,14). The minimum atomic E-state index is 0.667. The Morgan fingerprint density at radius 3 is 2.81 bits per heavy atom. The minimum Gasteiger partial charge on any atom is -0.396 e. The molecule has 80 valence electrons. The Hall–Kier alpha value is -2.30. The van der Waals surface area contributed by atoms with Crippen LogP contribution in [0.25, 0.3) is 17.0 Å². The molecule has 0 bridgehead atoms. The van der Waals surface area contributed by atoms with Crippen LogP contribution in [0.4, 0.5) is 5.69 Å². The molecule has 0 saturated heterocycles. The second kappa shape index (κ2) is 3.10. The van der Waals surface area contributed by atoms with Crippen molar-refractivity contribution in [3.8, 4) is 5.95 Å². The molecule has 5 heteroatoms. The molecule has 3 aromatic rings. The maximum atomic E-state index is 5.75.